The Kier molecular flexibility index (Phi) is 7.46. The normalized spacial score (nSPS) is 13.5. The molecule has 0 unspecified atom stereocenters. The Labute approximate surface area is 215 Å². The molecule has 0 spiro atoms. The molecule has 3 aromatic rings. The summed E-state index contributed by atoms with van der Waals surface area (Å²) in [4.78, 5) is 20.7. The predicted octanol–water partition coefficient (Wildman–Crippen LogP) is 2.32. The Bertz CT molecular complexity index is 1650. The molecule has 2 heterocycles. The summed E-state index contributed by atoms with van der Waals surface area (Å²) in [6, 6.07) is 1.57. The highest BCUT2D eigenvalue weighted by Crippen LogP contribution is 2.36. The molecule has 39 heavy (non-hydrogen) atoms. The van der Waals surface area contributed by atoms with Crippen molar-refractivity contribution in [1.82, 2.24) is 30.0 Å². The Morgan fingerprint density at radius 2 is 1.51 bits per heavy atom. The maximum absolute atomic E-state index is 13.1. The standard InChI is InChI=1S/C19H13F6N7O5S2/c1-9(16-30-10(2)31-32(16)15-5-12(7-26)27-8-28-15)29-17(33)11-3-13(38(34,35)18(20,21)22)6-14(4-11)39(36,37)19(23,24)25/h3-6,8-9H,1-2H3,(H,29,33)/t9-/m0/s1. The summed E-state index contributed by atoms with van der Waals surface area (Å²) >= 11 is 0. The van der Waals surface area contributed by atoms with Crippen molar-refractivity contribution in [2.45, 2.75) is 40.7 Å². The van der Waals surface area contributed by atoms with Gasteiger partial charge in [-0.05, 0) is 32.0 Å². The van der Waals surface area contributed by atoms with Crippen molar-refractivity contribution in [3.63, 3.8) is 0 Å². The van der Waals surface area contributed by atoms with E-state index in [4.69, 9.17) is 5.26 Å². The number of nitrogens with one attached hydrogen (secondary N) is 1. The van der Waals surface area contributed by atoms with Gasteiger partial charge in [0.1, 0.15) is 23.9 Å². The second-order valence-corrected chi connectivity index (χ2v) is 11.5. The Morgan fingerprint density at radius 1 is 0.974 bits per heavy atom. The summed E-state index contributed by atoms with van der Waals surface area (Å²) in [6.45, 7) is 2.70. The molecule has 3 rings (SSSR count). The van der Waals surface area contributed by atoms with E-state index in [1.54, 1.807) is 6.07 Å². The predicted molar refractivity (Wildman–Crippen MR) is 115 cm³/mol. The smallest absolute Gasteiger partial charge is 0.342 e. The molecule has 1 N–H and O–H groups in total. The maximum Gasteiger partial charge on any atom is 0.501 e. The zero-order valence-corrected chi connectivity index (χ0v) is 20.9. The molecule has 1 atom stereocenters. The molecule has 20 heteroatoms. The minimum Gasteiger partial charge on any atom is -0.342 e. The molecule has 1 aromatic carbocycles. The number of rotatable bonds is 6. The van der Waals surface area contributed by atoms with Crippen LogP contribution in [0.25, 0.3) is 5.82 Å². The van der Waals surface area contributed by atoms with Gasteiger partial charge in [-0.1, -0.05) is 0 Å². The second kappa shape index (κ2) is 9.88. The van der Waals surface area contributed by atoms with E-state index in [9.17, 15) is 48.0 Å². The molecule has 12 nitrogen and oxygen atoms in total. The van der Waals surface area contributed by atoms with Crippen LogP contribution < -0.4 is 5.32 Å². The molecule has 208 valence electrons. The largest absolute Gasteiger partial charge is 0.501 e. The first-order valence-electron chi connectivity index (χ1n) is 10.0. The monoisotopic (exact) mass is 597 g/mol. The van der Waals surface area contributed by atoms with E-state index in [2.05, 4.69) is 25.4 Å². The zero-order valence-electron chi connectivity index (χ0n) is 19.3. The number of hydrogen-bond acceptors (Lipinski definition) is 10. The van der Waals surface area contributed by atoms with E-state index in [1.165, 1.54) is 19.9 Å². The molecule has 0 radical (unpaired) electrons. The lowest BCUT2D eigenvalue weighted by molar-refractivity contribution is -0.0438. The van der Waals surface area contributed by atoms with Crippen LogP contribution in [-0.2, 0) is 19.7 Å². The molecule has 0 aliphatic rings. The first-order chi connectivity index (χ1) is 17.8. The first-order valence-corrected chi connectivity index (χ1v) is 13.0. The number of halogens is 6. The fraction of sp³-hybridized carbons (Fsp3) is 0.263. The summed E-state index contributed by atoms with van der Waals surface area (Å²) in [7, 11) is -12.7. The van der Waals surface area contributed by atoms with Gasteiger partial charge < -0.3 is 5.32 Å². The summed E-state index contributed by atoms with van der Waals surface area (Å²) in [6.07, 6.45) is 1.02. The van der Waals surface area contributed by atoms with Crippen LogP contribution in [0.15, 0.2) is 40.4 Å². The highest BCUT2D eigenvalue weighted by molar-refractivity contribution is 7.93. The van der Waals surface area contributed by atoms with E-state index in [0.29, 0.717) is 0 Å². The van der Waals surface area contributed by atoms with Gasteiger partial charge in [-0.2, -0.15) is 36.3 Å². The molecule has 1 amide bonds. The van der Waals surface area contributed by atoms with Gasteiger partial charge in [0.25, 0.3) is 25.6 Å². The number of sulfone groups is 2. The van der Waals surface area contributed by atoms with E-state index in [0.717, 1.165) is 11.0 Å². The van der Waals surface area contributed by atoms with Crippen LogP contribution in [0.3, 0.4) is 0 Å². The van der Waals surface area contributed by atoms with Gasteiger partial charge >= 0.3 is 11.0 Å². The Balaban J connectivity index is 2.10. The van der Waals surface area contributed by atoms with Crippen LogP contribution in [0.1, 0.15) is 40.7 Å². The molecule has 0 aliphatic carbocycles. The van der Waals surface area contributed by atoms with Crippen molar-refractivity contribution in [3.8, 4) is 11.9 Å². The number of alkyl halides is 6. The number of carbonyl (C=O) groups excluding carboxylic acids is 1. The van der Waals surface area contributed by atoms with E-state index in [1.807, 2.05) is 0 Å². The van der Waals surface area contributed by atoms with Gasteiger partial charge in [0.15, 0.2) is 11.6 Å². The fourth-order valence-corrected chi connectivity index (χ4v) is 4.77. The number of carbonyl (C=O) groups is 1. The minimum absolute atomic E-state index is 0.00933. The highest BCUT2D eigenvalue weighted by Gasteiger charge is 2.50. The van der Waals surface area contributed by atoms with Gasteiger partial charge in [0, 0.05) is 11.6 Å². The molecule has 0 aliphatic heterocycles. The number of hydrogen-bond donors (Lipinski definition) is 1. The van der Waals surface area contributed by atoms with Crippen LogP contribution in [0.5, 0.6) is 0 Å². The topological polar surface area (TPSA) is 178 Å². The molecule has 0 saturated carbocycles. The van der Waals surface area contributed by atoms with Gasteiger partial charge in [-0.3, -0.25) is 4.79 Å². The highest BCUT2D eigenvalue weighted by atomic mass is 32.2. The third kappa shape index (κ3) is 5.68. The van der Waals surface area contributed by atoms with Crippen molar-refractivity contribution in [1.29, 1.82) is 5.26 Å². The van der Waals surface area contributed by atoms with Crippen molar-refractivity contribution < 1.29 is 48.0 Å². The summed E-state index contributed by atoms with van der Waals surface area (Å²) in [5.74, 6) is -1.39. The van der Waals surface area contributed by atoms with Gasteiger partial charge in [0.2, 0.25) is 0 Å². The SMILES string of the molecule is Cc1nc([C@H](C)NC(=O)c2cc(S(=O)(=O)C(F)(F)F)cc(S(=O)(=O)C(F)(F)F)c2)n(-c2cc(C#N)ncn2)n1. The van der Waals surface area contributed by atoms with Crippen LogP contribution >= 0.6 is 0 Å². The molecule has 2 aromatic heterocycles. The summed E-state index contributed by atoms with van der Waals surface area (Å²) < 4.78 is 127. The van der Waals surface area contributed by atoms with Crippen LogP contribution in [0, 0.1) is 18.3 Å². The number of aromatic nitrogens is 5. The third-order valence-electron chi connectivity index (χ3n) is 4.83. The molecule has 0 saturated heterocycles. The quantitative estimate of drug-likeness (QED) is 0.415. The zero-order chi connectivity index (χ0) is 29.6. The summed E-state index contributed by atoms with van der Waals surface area (Å²) in [5, 5.41) is 15.3. The van der Waals surface area contributed by atoms with Crippen molar-refractivity contribution in [2.24, 2.45) is 0 Å². The fourth-order valence-electron chi connectivity index (χ4n) is 3.03. The van der Waals surface area contributed by atoms with Gasteiger partial charge in [0.05, 0.1) is 15.8 Å². The lowest BCUT2D eigenvalue weighted by Gasteiger charge is -2.16. The lowest BCUT2D eigenvalue weighted by Crippen LogP contribution is -2.30. The molecular formula is C19H13F6N7O5S2. The number of nitrogens with zero attached hydrogens (tertiary/aromatic N) is 6. The first kappa shape index (κ1) is 29.4. The average molecular weight is 597 g/mol. The number of aryl methyl sites for hydroxylation is 1. The maximum atomic E-state index is 13.1. The van der Waals surface area contributed by atoms with Gasteiger partial charge in [-0.25, -0.2) is 31.8 Å². The third-order valence-corrected chi connectivity index (χ3v) is 7.76. The number of nitriles is 1. The number of amides is 1. The van der Waals surface area contributed by atoms with Crippen molar-refractivity contribution in [3.05, 3.63) is 53.5 Å². The van der Waals surface area contributed by atoms with Crippen molar-refractivity contribution >= 4 is 25.6 Å². The van der Waals surface area contributed by atoms with Crippen LogP contribution in [-0.4, -0.2) is 58.5 Å². The van der Waals surface area contributed by atoms with E-state index >= 15 is 0 Å². The molecular weight excluding hydrogens is 584 g/mol. The van der Waals surface area contributed by atoms with Crippen LogP contribution in [0.2, 0.25) is 0 Å². The Morgan fingerprint density at radius 3 is 2.00 bits per heavy atom. The second-order valence-electron chi connectivity index (χ2n) is 7.59. The van der Waals surface area contributed by atoms with Gasteiger partial charge in [-0.15, -0.1) is 5.10 Å². The molecule has 0 fully saturated rings. The average Bonchev–Trinajstić information content (AvgIpc) is 3.24. The summed E-state index contributed by atoms with van der Waals surface area (Å²) in [5.41, 5.74) is -13.3. The van der Waals surface area contributed by atoms with Crippen LogP contribution in [0.4, 0.5) is 26.3 Å². The Hall–Kier alpha value is -4.12. The van der Waals surface area contributed by atoms with E-state index < -0.39 is 58.0 Å². The molecule has 0 bridgehead atoms. The number of benzene rings is 1. The lowest BCUT2D eigenvalue weighted by atomic mass is 10.2. The minimum atomic E-state index is -6.37. The van der Waals surface area contributed by atoms with Crippen molar-refractivity contribution in [2.75, 3.05) is 0 Å². The van der Waals surface area contributed by atoms with E-state index in [-0.39, 0.29) is 41.4 Å².